The highest BCUT2D eigenvalue weighted by Crippen LogP contribution is 2.28. The molecule has 2 N–H and O–H groups in total. The number of rotatable bonds is 5. The Morgan fingerprint density at radius 1 is 1.29 bits per heavy atom. The Balaban J connectivity index is 1.32. The second kappa shape index (κ2) is 7.05. The van der Waals surface area contributed by atoms with Gasteiger partial charge in [-0.25, -0.2) is 4.98 Å². The summed E-state index contributed by atoms with van der Waals surface area (Å²) in [5, 5.41) is 13.9. The van der Waals surface area contributed by atoms with Crippen LogP contribution in [0.2, 0.25) is 0 Å². The molecule has 1 aromatic heterocycles. The van der Waals surface area contributed by atoms with Crippen LogP contribution in [0.3, 0.4) is 0 Å². The summed E-state index contributed by atoms with van der Waals surface area (Å²) in [4.78, 5) is 4.09. The molecule has 1 fully saturated rings. The van der Waals surface area contributed by atoms with E-state index in [1.807, 2.05) is 12.5 Å². The molecule has 0 bridgehead atoms. The molecule has 2 heterocycles. The molecule has 2 aromatic rings. The van der Waals surface area contributed by atoms with Gasteiger partial charge in [0.05, 0.1) is 25.6 Å². The van der Waals surface area contributed by atoms with E-state index in [1.165, 1.54) is 16.7 Å². The lowest BCUT2D eigenvalue weighted by molar-refractivity contribution is 0.110. The van der Waals surface area contributed by atoms with E-state index in [1.54, 1.807) is 6.20 Å². The molecule has 1 saturated carbocycles. The highest BCUT2D eigenvalue weighted by Gasteiger charge is 2.32. The van der Waals surface area contributed by atoms with E-state index in [0.717, 1.165) is 45.6 Å². The van der Waals surface area contributed by atoms with E-state index in [2.05, 4.69) is 33.1 Å². The average molecular weight is 327 g/mol. The molecule has 24 heavy (non-hydrogen) atoms. The smallest absolute Gasteiger partial charge is 0.0945 e. The largest absolute Gasteiger partial charge is 0.391 e. The molecular weight excluding hydrogens is 302 g/mol. The Labute approximate surface area is 142 Å². The zero-order valence-electron chi connectivity index (χ0n) is 13.9. The van der Waals surface area contributed by atoms with Gasteiger partial charge >= 0.3 is 0 Å². The highest BCUT2D eigenvalue weighted by atomic mass is 16.5. The third kappa shape index (κ3) is 3.53. The minimum absolute atomic E-state index is 0.172. The monoisotopic (exact) mass is 327 g/mol. The lowest BCUT2D eigenvalue weighted by Crippen LogP contribution is -2.35. The van der Waals surface area contributed by atoms with E-state index in [-0.39, 0.29) is 12.1 Å². The molecular formula is C19H25N3O2. The predicted octanol–water partition coefficient (Wildman–Crippen LogP) is 1.89. The second-order valence-electron chi connectivity index (χ2n) is 7.06. The Morgan fingerprint density at radius 2 is 2.25 bits per heavy atom. The van der Waals surface area contributed by atoms with Crippen LogP contribution in [0.25, 0.3) is 0 Å². The number of fused-ring (bicyclic) bond motifs is 1. The third-order valence-electron chi connectivity index (χ3n) is 5.27. The summed E-state index contributed by atoms with van der Waals surface area (Å²) in [6.07, 6.45) is 8.26. The Bertz CT molecular complexity index is 671. The first-order valence-corrected chi connectivity index (χ1v) is 8.83. The lowest BCUT2D eigenvalue weighted by atomic mass is 10.0. The van der Waals surface area contributed by atoms with Crippen LogP contribution in [0.1, 0.15) is 29.5 Å². The molecule has 128 valence electrons. The molecule has 0 saturated heterocycles. The first kappa shape index (κ1) is 15.8. The SMILES string of the molecule is O[C@@H]1CC(Cn2ccnc2)C[C@H]1NCc1ccc2c(c1)COCC2. The van der Waals surface area contributed by atoms with E-state index >= 15 is 0 Å². The number of imidazole rings is 1. The summed E-state index contributed by atoms with van der Waals surface area (Å²) in [6.45, 7) is 3.29. The number of hydrogen-bond acceptors (Lipinski definition) is 4. The first-order chi connectivity index (χ1) is 11.8. The molecule has 3 atom stereocenters. The molecule has 0 radical (unpaired) electrons. The van der Waals surface area contributed by atoms with E-state index in [9.17, 15) is 5.11 Å². The summed E-state index contributed by atoms with van der Waals surface area (Å²) >= 11 is 0. The van der Waals surface area contributed by atoms with Crippen molar-refractivity contribution < 1.29 is 9.84 Å². The normalized spacial score (nSPS) is 26.5. The minimum atomic E-state index is -0.264. The number of hydrogen-bond donors (Lipinski definition) is 2. The summed E-state index contributed by atoms with van der Waals surface area (Å²) in [6, 6.07) is 6.83. The van der Waals surface area contributed by atoms with Crippen molar-refractivity contribution in [2.45, 2.75) is 51.1 Å². The Kier molecular flexibility index (Phi) is 4.65. The van der Waals surface area contributed by atoms with Crippen LogP contribution in [-0.2, 0) is 30.9 Å². The van der Waals surface area contributed by atoms with Gasteiger partial charge in [0.15, 0.2) is 0 Å². The maximum Gasteiger partial charge on any atom is 0.0945 e. The van der Waals surface area contributed by atoms with Gasteiger partial charge in [0, 0.05) is 31.5 Å². The van der Waals surface area contributed by atoms with Gasteiger partial charge in [0.2, 0.25) is 0 Å². The van der Waals surface area contributed by atoms with Crippen molar-refractivity contribution in [3.8, 4) is 0 Å². The van der Waals surface area contributed by atoms with E-state index < -0.39 is 0 Å². The summed E-state index contributed by atoms with van der Waals surface area (Å²) in [5.41, 5.74) is 3.99. The van der Waals surface area contributed by atoms with Crippen molar-refractivity contribution in [3.63, 3.8) is 0 Å². The number of benzene rings is 1. The zero-order chi connectivity index (χ0) is 16.4. The standard InChI is InChI=1S/C19H25N3O2/c23-19-9-15(11-22-5-4-20-13-22)8-18(19)21-10-14-1-2-16-3-6-24-12-17(16)7-14/h1-2,4-5,7,13,15,18-19,21,23H,3,6,8-12H2/t15?,18-,19-/m1/s1. The maximum atomic E-state index is 10.4. The van der Waals surface area contributed by atoms with E-state index in [0.29, 0.717) is 5.92 Å². The van der Waals surface area contributed by atoms with Crippen LogP contribution in [0, 0.1) is 5.92 Å². The number of nitrogens with zero attached hydrogens (tertiary/aromatic N) is 2. The fourth-order valence-electron chi connectivity index (χ4n) is 3.96. The molecule has 1 aliphatic heterocycles. The van der Waals surface area contributed by atoms with Crippen LogP contribution in [0.5, 0.6) is 0 Å². The van der Waals surface area contributed by atoms with Crippen molar-refractivity contribution in [3.05, 3.63) is 53.6 Å². The molecule has 1 aromatic carbocycles. The molecule has 1 aliphatic carbocycles. The van der Waals surface area contributed by atoms with Gasteiger partial charge in [-0.15, -0.1) is 0 Å². The number of aromatic nitrogens is 2. The van der Waals surface area contributed by atoms with Gasteiger partial charge in [-0.2, -0.15) is 0 Å². The Hall–Kier alpha value is -1.69. The van der Waals surface area contributed by atoms with Crippen LogP contribution in [0.4, 0.5) is 0 Å². The lowest BCUT2D eigenvalue weighted by Gasteiger charge is -2.19. The molecule has 1 unspecified atom stereocenters. The first-order valence-electron chi connectivity index (χ1n) is 8.83. The second-order valence-corrected chi connectivity index (χ2v) is 7.06. The molecule has 0 amide bonds. The van der Waals surface area contributed by atoms with Gasteiger partial charge in [-0.1, -0.05) is 18.2 Å². The van der Waals surface area contributed by atoms with Gasteiger partial charge < -0.3 is 19.7 Å². The average Bonchev–Trinajstić information content (AvgIpc) is 3.23. The summed E-state index contributed by atoms with van der Waals surface area (Å²) < 4.78 is 7.64. The van der Waals surface area contributed by atoms with Crippen LogP contribution in [0.15, 0.2) is 36.9 Å². The number of ether oxygens (including phenoxy) is 1. The summed E-state index contributed by atoms with van der Waals surface area (Å²) in [5.74, 6) is 0.503. The zero-order valence-corrected chi connectivity index (χ0v) is 13.9. The van der Waals surface area contributed by atoms with Gasteiger partial charge in [0.25, 0.3) is 0 Å². The third-order valence-corrected chi connectivity index (χ3v) is 5.27. The fourth-order valence-corrected chi connectivity index (χ4v) is 3.96. The van der Waals surface area contributed by atoms with Crippen molar-refractivity contribution in [1.82, 2.24) is 14.9 Å². The van der Waals surface area contributed by atoms with Crippen molar-refractivity contribution in [2.75, 3.05) is 6.61 Å². The van der Waals surface area contributed by atoms with Gasteiger partial charge in [-0.3, -0.25) is 0 Å². The fraction of sp³-hybridized carbons (Fsp3) is 0.526. The number of nitrogens with one attached hydrogen (secondary N) is 1. The van der Waals surface area contributed by atoms with E-state index in [4.69, 9.17) is 4.74 Å². The Morgan fingerprint density at radius 3 is 3.12 bits per heavy atom. The molecule has 4 rings (SSSR count). The van der Waals surface area contributed by atoms with Crippen molar-refractivity contribution in [1.29, 1.82) is 0 Å². The maximum absolute atomic E-state index is 10.4. The summed E-state index contributed by atoms with van der Waals surface area (Å²) in [7, 11) is 0. The number of aliphatic hydroxyl groups is 1. The van der Waals surface area contributed by atoms with Gasteiger partial charge in [0.1, 0.15) is 0 Å². The van der Waals surface area contributed by atoms with Gasteiger partial charge in [-0.05, 0) is 41.9 Å². The molecule has 5 nitrogen and oxygen atoms in total. The molecule has 0 spiro atoms. The highest BCUT2D eigenvalue weighted by molar-refractivity contribution is 5.33. The number of aliphatic hydroxyl groups excluding tert-OH is 1. The van der Waals surface area contributed by atoms with Crippen LogP contribution < -0.4 is 5.32 Å². The van der Waals surface area contributed by atoms with Crippen molar-refractivity contribution >= 4 is 0 Å². The molecule has 5 heteroatoms. The molecule has 2 aliphatic rings. The predicted molar refractivity (Wildman–Crippen MR) is 91.4 cm³/mol. The minimum Gasteiger partial charge on any atom is -0.391 e. The van der Waals surface area contributed by atoms with Crippen LogP contribution in [-0.4, -0.2) is 33.4 Å². The van der Waals surface area contributed by atoms with Crippen molar-refractivity contribution in [2.24, 2.45) is 5.92 Å². The topological polar surface area (TPSA) is 59.3 Å². The quantitative estimate of drug-likeness (QED) is 0.880. The van der Waals surface area contributed by atoms with Crippen LogP contribution >= 0.6 is 0 Å².